The third-order valence-corrected chi connectivity index (χ3v) is 6.21. The van der Waals surface area contributed by atoms with E-state index >= 15 is 0 Å². The SMILES string of the molecule is NNC(=O)C(=Cc1cc(Br)c(O)c(Br)c1O)Nc1ccc2cc3ccccc3cc2c1. The molecule has 0 spiro atoms. The molecule has 156 valence electrons. The number of rotatable bonds is 4. The van der Waals surface area contributed by atoms with E-state index in [1.54, 1.807) is 0 Å². The quantitative estimate of drug-likeness (QED) is 0.0783. The summed E-state index contributed by atoms with van der Waals surface area (Å²) in [6.45, 7) is 0. The van der Waals surface area contributed by atoms with Crippen LogP contribution in [0.25, 0.3) is 27.6 Å². The second-order valence-corrected chi connectivity index (χ2v) is 8.52. The molecule has 0 aliphatic carbocycles. The molecule has 1 amide bonds. The van der Waals surface area contributed by atoms with Crippen LogP contribution in [0.5, 0.6) is 11.5 Å². The third kappa shape index (κ3) is 4.23. The summed E-state index contributed by atoms with van der Waals surface area (Å²) in [5.41, 5.74) is 3.19. The minimum atomic E-state index is -0.571. The molecule has 8 heteroatoms. The first-order chi connectivity index (χ1) is 14.9. The molecule has 0 radical (unpaired) electrons. The number of phenols is 2. The summed E-state index contributed by atoms with van der Waals surface area (Å²) in [4.78, 5) is 12.4. The van der Waals surface area contributed by atoms with Crippen molar-refractivity contribution in [1.29, 1.82) is 0 Å². The topological polar surface area (TPSA) is 108 Å². The van der Waals surface area contributed by atoms with E-state index in [4.69, 9.17) is 5.84 Å². The van der Waals surface area contributed by atoms with Crippen molar-refractivity contribution in [3.05, 3.63) is 80.9 Å². The fourth-order valence-electron chi connectivity index (χ4n) is 3.29. The average molecular weight is 543 g/mol. The summed E-state index contributed by atoms with van der Waals surface area (Å²) in [5.74, 6) is 4.43. The van der Waals surface area contributed by atoms with Crippen molar-refractivity contribution < 1.29 is 15.0 Å². The van der Waals surface area contributed by atoms with Crippen LogP contribution < -0.4 is 16.6 Å². The first-order valence-corrected chi connectivity index (χ1v) is 10.8. The van der Waals surface area contributed by atoms with Gasteiger partial charge in [-0.2, -0.15) is 0 Å². The van der Waals surface area contributed by atoms with E-state index in [9.17, 15) is 15.0 Å². The van der Waals surface area contributed by atoms with E-state index in [1.165, 1.54) is 12.1 Å². The van der Waals surface area contributed by atoms with Gasteiger partial charge in [0.2, 0.25) is 0 Å². The maximum Gasteiger partial charge on any atom is 0.281 e. The molecule has 0 aliphatic heterocycles. The monoisotopic (exact) mass is 541 g/mol. The van der Waals surface area contributed by atoms with Gasteiger partial charge in [-0.15, -0.1) is 0 Å². The zero-order chi connectivity index (χ0) is 22.1. The number of nitrogens with one attached hydrogen (secondary N) is 2. The van der Waals surface area contributed by atoms with Crippen LogP contribution in [0, 0.1) is 0 Å². The van der Waals surface area contributed by atoms with Gasteiger partial charge in [-0.25, -0.2) is 5.84 Å². The van der Waals surface area contributed by atoms with Gasteiger partial charge < -0.3 is 15.5 Å². The Bertz CT molecular complexity index is 1370. The molecule has 4 aromatic rings. The smallest absolute Gasteiger partial charge is 0.281 e. The fraction of sp³-hybridized carbons (Fsp3) is 0. The van der Waals surface area contributed by atoms with Crippen molar-refractivity contribution in [1.82, 2.24) is 5.43 Å². The molecule has 0 fully saturated rings. The number of amides is 1. The molecule has 31 heavy (non-hydrogen) atoms. The van der Waals surface area contributed by atoms with E-state index in [1.807, 2.05) is 36.4 Å². The zero-order valence-electron chi connectivity index (χ0n) is 16.0. The van der Waals surface area contributed by atoms with Gasteiger partial charge in [-0.3, -0.25) is 10.2 Å². The van der Waals surface area contributed by atoms with Gasteiger partial charge in [0.1, 0.15) is 21.7 Å². The molecule has 0 saturated heterocycles. The molecule has 0 aliphatic rings. The van der Waals surface area contributed by atoms with E-state index in [-0.39, 0.29) is 21.7 Å². The molecular formula is C23H17Br2N3O3. The summed E-state index contributed by atoms with van der Waals surface area (Å²) in [6, 6.07) is 19.5. The number of fused-ring (bicyclic) bond motifs is 2. The lowest BCUT2D eigenvalue weighted by molar-refractivity contribution is -0.117. The molecule has 0 bridgehead atoms. The highest BCUT2D eigenvalue weighted by molar-refractivity contribution is 9.11. The van der Waals surface area contributed by atoms with Crippen LogP contribution in [0.15, 0.2) is 75.3 Å². The lowest BCUT2D eigenvalue weighted by Crippen LogP contribution is -2.33. The molecule has 6 nitrogen and oxygen atoms in total. The Morgan fingerprint density at radius 2 is 1.52 bits per heavy atom. The van der Waals surface area contributed by atoms with Crippen molar-refractivity contribution in [2.24, 2.45) is 5.84 Å². The van der Waals surface area contributed by atoms with Crippen molar-refractivity contribution >= 4 is 71.1 Å². The van der Waals surface area contributed by atoms with Crippen LogP contribution in [0.3, 0.4) is 0 Å². The average Bonchev–Trinajstić information content (AvgIpc) is 2.78. The number of hydrogen-bond acceptors (Lipinski definition) is 5. The minimum Gasteiger partial charge on any atom is -0.506 e. The Morgan fingerprint density at radius 1 is 0.871 bits per heavy atom. The Hall–Kier alpha value is -3.07. The van der Waals surface area contributed by atoms with E-state index in [0.717, 1.165) is 21.5 Å². The molecule has 0 saturated carbocycles. The number of aromatic hydroxyl groups is 2. The van der Waals surface area contributed by atoms with Crippen LogP contribution in [-0.2, 0) is 4.79 Å². The largest absolute Gasteiger partial charge is 0.506 e. The Morgan fingerprint density at radius 3 is 2.19 bits per heavy atom. The second kappa shape index (κ2) is 8.58. The summed E-state index contributed by atoms with van der Waals surface area (Å²) < 4.78 is 0.465. The predicted molar refractivity (Wildman–Crippen MR) is 131 cm³/mol. The molecule has 6 N–H and O–H groups in total. The molecule has 4 aromatic carbocycles. The van der Waals surface area contributed by atoms with Gasteiger partial charge in [0.25, 0.3) is 5.91 Å². The van der Waals surface area contributed by atoms with E-state index in [0.29, 0.717) is 15.7 Å². The highest BCUT2D eigenvalue weighted by atomic mass is 79.9. The number of nitrogens with two attached hydrogens (primary N) is 1. The maximum absolute atomic E-state index is 12.4. The summed E-state index contributed by atoms with van der Waals surface area (Å²) in [7, 11) is 0. The number of anilines is 1. The van der Waals surface area contributed by atoms with Crippen LogP contribution in [0.4, 0.5) is 5.69 Å². The van der Waals surface area contributed by atoms with E-state index in [2.05, 4.69) is 60.8 Å². The zero-order valence-corrected chi connectivity index (χ0v) is 19.2. The minimum absolute atomic E-state index is 0.109. The highest BCUT2D eigenvalue weighted by Gasteiger charge is 2.16. The molecule has 0 aromatic heterocycles. The number of carbonyl (C=O) groups excluding carboxylic acids is 1. The van der Waals surface area contributed by atoms with Crippen LogP contribution in [-0.4, -0.2) is 16.1 Å². The van der Waals surface area contributed by atoms with Gasteiger partial charge in [0, 0.05) is 11.3 Å². The molecule has 0 atom stereocenters. The molecule has 0 heterocycles. The number of hydrogen-bond donors (Lipinski definition) is 5. The van der Waals surface area contributed by atoms with Crippen molar-refractivity contribution in [3.8, 4) is 11.5 Å². The van der Waals surface area contributed by atoms with Gasteiger partial charge in [-0.1, -0.05) is 30.3 Å². The standard InChI is InChI=1S/C23H17Br2N3O3/c24-18-10-16(21(29)20(25)22(18)30)11-19(23(31)28-26)27-17-6-5-14-7-12-3-1-2-4-13(12)8-15(14)9-17/h1-11,27,29-30H,26H2,(H,28,31). The number of carbonyl (C=O) groups is 1. The molecule has 4 rings (SSSR count). The number of halogens is 2. The first-order valence-electron chi connectivity index (χ1n) is 9.19. The summed E-state index contributed by atoms with van der Waals surface area (Å²) in [5, 5.41) is 27.7. The first kappa shape index (κ1) is 21.2. The van der Waals surface area contributed by atoms with Crippen LogP contribution in [0.1, 0.15) is 5.56 Å². The third-order valence-electron chi connectivity index (χ3n) is 4.86. The Balaban J connectivity index is 1.76. The lowest BCUT2D eigenvalue weighted by atomic mass is 10.0. The lowest BCUT2D eigenvalue weighted by Gasteiger charge is -2.13. The van der Waals surface area contributed by atoms with Gasteiger partial charge in [0.15, 0.2) is 0 Å². The van der Waals surface area contributed by atoms with Gasteiger partial charge in [0.05, 0.1) is 4.47 Å². The Kier molecular flexibility index (Phi) is 5.86. The fourth-order valence-corrected chi connectivity index (χ4v) is 4.45. The predicted octanol–water partition coefficient (Wildman–Crippen LogP) is 5.37. The maximum atomic E-state index is 12.4. The highest BCUT2D eigenvalue weighted by Crippen LogP contribution is 2.42. The second-order valence-electron chi connectivity index (χ2n) is 6.88. The van der Waals surface area contributed by atoms with Crippen LogP contribution >= 0.6 is 31.9 Å². The summed E-state index contributed by atoms with van der Waals surface area (Å²) >= 11 is 6.36. The number of phenolic OH excluding ortho intramolecular Hbond substituents is 2. The molecular weight excluding hydrogens is 526 g/mol. The van der Waals surface area contributed by atoms with E-state index < -0.39 is 5.91 Å². The van der Waals surface area contributed by atoms with Crippen molar-refractivity contribution in [2.45, 2.75) is 0 Å². The van der Waals surface area contributed by atoms with Crippen molar-refractivity contribution in [3.63, 3.8) is 0 Å². The number of hydrazine groups is 1. The summed E-state index contributed by atoms with van der Waals surface area (Å²) in [6.07, 6.45) is 1.44. The number of benzene rings is 4. The van der Waals surface area contributed by atoms with Crippen LogP contribution in [0.2, 0.25) is 0 Å². The van der Waals surface area contributed by atoms with Gasteiger partial charge >= 0.3 is 0 Å². The Labute approximate surface area is 194 Å². The van der Waals surface area contributed by atoms with Gasteiger partial charge in [-0.05, 0) is 89.8 Å². The normalized spacial score (nSPS) is 11.6. The molecule has 0 unspecified atom stereocenters. The van der Waals surface area contributed by atoms with Crippen molar-refractivity contribution in [2.75, 3.05) is 5.32 Å².